The Balaban J connectivity index is 1.88. The Morgan fingerprint density at radius 2 is 1.58 bits per heavy atom. The Kier molecular flexibility index (Phi) is 4.51. The van der Waals surface area contributed by atoms with Crippen molar-refractivity contribution in [2.75, 3.05) is 11.9 Å². The minimum absolute atomic E-state index is 0.218. The van der Waals surface area contributed by atoms with Crippen LogP contribution in [-0.2, 0) is 15.0 Å². The first-order valence-corrected chi connectivity index (χ1v) is 8.42. The molecule has 0 bridgehead atoms. The van der Waals surface area contributed by atoms with Crippen LogP contribution in [0.3, 0.4) is 0 Å². The van der Waals surface area contributed by atoms with Crippen molar-refractivity contribution in [1.29, 1.82) is 0 Å². The molecule has 4 heteroatoms. The number of anilines is 1. The SMILES string of the molecule is CN1C(=CC(=O)C(=O)/C=C(\O)c2ccccc2)C(C)(C)c2ccccc21. The number of hydrogen-bond acceptors (Lipinski definition) is 4. The van der Waals surface area contributed by atoms with Gasteiger partial charge in [-0.15, -0.1) is 0 Å². The molecule has 132 valence electrons. The molecule has 2 aromatic rings. The lowest BCUT2D eigenvalue weighted by atomic mass is 9.83. The first kappa shape index (κ1) is 17.7. The van der Waals surface area contributed by atoms with E-state index in [9.17, 15) is 14.7 Å². The maximum absolute atomic E-state index is 12.4. The topological polar surface area (TPSA) is 57.6 Å². The van der Waals surface area contributed by atoms with Gasteiger partial charge in [-0.05, 0) is 11.6 Å². The van der Waals surface area contributed by atoms with Gasteiger partial charge in [0, 0.05) is 41.6 Å². The molecule has 0 aromatic heterocycles. The number of ketones is 2. The van der Waals surface area contributed by atoms with E-state index in [1.807, 2.05) is 56.1 Å². The third-order valence-corrected chi connectivity index (χ3v) is 4.79. The third-order valence-electron chi connectivity index (χ3n) is 4.79. The smallest absolute Gasteiger partial charge is 0.229 e. The zero-order valence-corrected chi connectivity index (χ0v) is 15.1. The summed E-state index contributed by atoms with van der Waals surface area (Å²) in [6.45, 7) is 4.05. The van der Waals surface area contributed by atoms with Gasteiger partial charge in [-0.2, -0.15) is 0 Å². The number of allylic oxidation sites excluding steroid dienone is 3. The second kappa shape index (κ2) is 6.64. The highest BCUT2D eigenvalue weighted by atomic mass is 16.3. The molecular weight excluding hydrogens is 326 g/mol. The number of likely N-dealkylation sites (N-methyl/N-ethyl adjacent to an activating group) is 1. The van der Waals surface area contributed by atoms with Crippen molar-refractivity contribution < 1.29 is 14.7 Å². The molecule has 0 aliphatic carbocycles. The van der Waals surface area contributed by atoms with Crippen molar-refractivity contribution in [1.82, 2.24) is 0 Å². The maximum Gasteiger partial charge on any atom is 0.229 e. The lowest BCUT2D eigenvalue weighted by Crippen LogP contribution is -2.25. The molecule has 1 aliphatic heterocycles. The molecule has 1 N–H and O–H groups in total. The van der Waals surface area contributed by atoms with Gasteiger partial charge in [-0.3, -0.25) is 9.59 Å². The summed E-state index contributed by atoms with van der Waals surface area (Å²) >= 11 is 0. The molecule has 1 heterocycles. The van der Waals surface area contributed by atoms with Gasteiger partial charge in [0.1, 0.15) is 5.76 Å². The second-order valence-electron chi connectivity index (χ2n) is 6.85. The van der Waals surface area contributed by atoms with Crippen LogP contribution in [0.15, 0.2) is 72.4 Å². The third kappa shape index (κ3) is 3.06. The monoisotopic (exact) mass is 347 g/mol. The zero-order valence-electron chi connectivity index (χ0n) is 15.1. The number of nitrogens with zero attached hydrogens (tertiary/aromatic N) is 1. The van der Waals surface area contributed by atoms with Gasteiger partial charge >= 0.3 is 0 Å². The summed E-state index contributed by atoms with van der Waals surface area (Å²) < 4.78 is 0. The van der Waals surface area contributed by atoms with Crippen LogP contribution >= 0.6 is 0 Å². The molecule has 3 rings (SSSR count). The summed E-state index contributed by atoms with van der Waals surface area (Å²) in [5.41, 5.74) is 2.99. The Morgan fingerprint density at radius 1 is 0.962 bits per heavy atom. The lowest BCUT2D eigenvalue weighted by molar-refractivity contribution is -0.131. The van der Waals surface area contributed by atoms with Crippen LogP contribution in [0.5, 0.6) is 0 Å². The van der Waals surface area contributed by atoms with E-state index >= 15 is 0 Å². The highest BCUT2D eigenvalue weighted by Gasteiger charge is 2.38. The fourth-order valence-electron chi connectivity index (χ4n) is 3.34. The molecule has 0 fully saturated rings. The molecule has 0 amide bonds. The van der Waals surface area contributed by atoms with E-state index < -0.39 is 11.6 Å². The van der Waals surface area contributed by atoms with E-state index in [0.29, 0.717) is 5.56 Å². The van der Waals surface area contributed by atoms with Gasteiger partial charge in [-0.25, -0.2) is 0 Å². The van der Waals surface area contributed by atoms with Crippen molar-refractivity contribution in [3.8, 4) is 0 Å². The van der Waals surface area contributed by atoms with Gasteiger partial charge in [0.15, 0.2) is 0 Å². The van der Waals surface area contributed by atoms with Gasteiger partial charge in [-0.1, -0.05) is 62.4 Å². The summed E-state index contributed by atoms with van der Waals surface area (Å²) in [6, 6.07) is 16.6. The van der Waals surface area contributed by atoms with Crippen LogP contribution in [0.25, 0.3) is 5.76 Å². The average Bonchev–Trinajstić information content (AvgIpc) is 2.83. The van der Waals surface area contributed by atoms with E-state index in [4.69, 9.17) is 0 Å². The van der Waals surface area contributed by atoms with Gasteiger partial charge in [0.2, 0.25) is 11.6 Å². The van der Waals surface area contributed by atoms with Gasteiger partial charge < -0.3 is 10.0 Å². The summed E-state index contributed by atoms with van der Waals surface area (Å²) in [7, 11) is 1.88. The number of para-hydroxylation sites is 1. The fraction of sp³-hybridized carbons (Fsp3) is 0.182. The predicted octanol–water partition coefficient (Wildman–Crippen LogP) is 4.04. The Hall–Kier alpha value is -3.14. The van der Waals surface area contributed by atoms with Crippen LogP contribution in [0.1, 0.15) is 25.0 Å². The van der Waals surface area contributed by atoms with Crippen molar-refractivity contribution in [3.05, 3.63) is 83.6 Å². The molecule has 4 nitrogen and oxygen atoms in total. The molecule has 0 radical (unpaired) electrons. The standard InChI is InChI=1S/C22H21NO3/c1-22(2)16-11-7-8-12-17(16)23(3)21(22)14-20(26)19(25)13-18(24)15-9-5-4-6-10-15/h4-14,24H,1-3H3/b18-13-,21-14?. The Labute approximate surface area is 153 Å². The van der Waals surface area contributed by atoms with E-state index in [2.05, 4.69) is 0 Å². The average molecular weight is 347 g/mol. The van der Waals surface area contributed by atoms with Crippen LogP contribution in [0.4, 0.5) is 5.69 Å². The molecule has 1 aliphatic rings. The summed E-state index contributed by atoms with van der Waals surface area (Å²) in [5, 5.41) is 10.1. The van der Waals surface area contributed by atoms with E-state index in [1.165, 1.54) is 6.08 Å². The first-order valence-electron chi connectivity index (χ1n) is 8.42. The number of carbonyl (C=O) groups is 2. The summed E-state index contributed by atoms with van der Waals surface area (Å²) in [5.74, 6) is -1.63. The molecule has 0 atom stereocenters. The minimum atomic E-state index is -0.751. The Morgan fingerprint density at radius 3 is 2.23 bits per heavy atom. The highest BCUT2D eigenvalue weighted by Crippen LogP contribution is 2.46. The molecular formula is C22H21NO3. The van der Waals surface area contributed by atoms with Gasteiger partial charge in [0.05, 0.1) is 0 Å². The molecule has 26 heavy (non-hydrogen) atoms. The maximum atomic E-state index is 12.4. The number of fused-ring (bicyclic) bond motifs is 1. The van der Waals surface area contributed by atoms with Crippen molar-refractivity contribution in [2.24, 2.45) is 0 Å². The number of benzene rings is 2. The van der Waals surface area contributed by atoms with E-state index in [1.54, 1.807) is 24.3 Å². The number of rotatable bonds is 4. The van der Waals surface area contributed by atoms with Crippen molar-refractivity contribution in [3.63, 3.8) is 0 Å². The second-order valence-corrected chi connectivity index (χ2v) is 6.85. The first-order chi connectivity index (χ1) is 12.3. The summed E-state index contributed by atoms with van der Waals surface area (Å²) in [6.07, 6.45) is 2.35. The molecule has 0 spiro atoms. The number of aliphatic hydroxyl groups excluding tert-OH is 1. The van der Waals surface area contributed by atoms with E-state index in [-0.39, 0.29) is 11.2 Å². The van der Waals surface area contributed by atoms with Crippen molar-refractivity contribution >= 4 is 23.0 Å². The Bertz CT molecular complexity index is 923. The number of hydrogen-bond donors (Lipinski definition) is 1. The van der Waals surface area contributed by atoms with Crippen LogP contribution < -0.4 is 4.90 Å². The lowest BCUT2D eigenvalue weighted by Gasteiger charge is -2.23. The fourth-order valence-corrected chi connectivity index (χ4v) is 3.34. The normalized spacial score (nSPS) is 17.3. The molecule has 2 aromatic carbocycles. The minimum Gasteiger partial charge on any atom is -0.507 e. The highest BCUT2D eigenvalue weighted by molar-refractivity contribution is 6.46. The van der Waals surface area contributed by atoms with E-state index in [0.717, 1.165) is 23.0 Å². The predicted molar refractivity (Wildman–Crippen MR) is 103 cm³/mol. The van der Waals surface area contributed by atoms with Crippen LogP contribution in [-0.4, -0.2) is 23.7 Å². The van der Waals surface area contributed by atoms with Gasteiger partial charge in [0.25, 0.3) is 0 Å². The van der Waals surface area contributed by atoms with Crippen LogP contribution in [0.2, 0.25) is 0 Å². The largest absolute Gasteiger partial charge is 0.507 e. The molecule has 0 saturated carbocycles. The number of aliphatic hydroxyl groups is 1. The van der Waals surface area contributed by atoms with Crippen LogP contribution in [0, 0.1) is 0 Å². The molecule has 0 saturated heterocycles. The quantitative estimate of drug-likeness (QED) is 0.515. The zero-order chi connectivity index (χ0) is 18.9. The van der Waals surface area contributed by atoms with Crippen molar-refractivity contribution in [2.45, 2.75) is 19.3 Å². The molecule has 0 unspecified atom stereocenters. The number of carbonyl (C=O) groups excluding carboxylic acids is 2. The summed E-state index contributed by atoms with van der Waals surface area (Å²) in [4.78, 5) is 26.6.